The summed E-state index contributed by atoms with van der Waals surface area (Å²) in [6.45, 7) is 8.06. The van der Waals surface area contributed by atoms with Crippen LogP contribution in [-0.2, 0) is 14.3 Å². The van der Waals surface area contributed by atoms with Crippen LogP contribution in [0.25, 0.3) is 0 Å². The first-order chi connectivity index (χ1) is 7.27. The molecule has 0 aliphatic heterocycles. The van der Waals surface area contributed by atoms with Gasteiger partial charge in [0.05, 0.1) is 7.11 Å². The number of ether oxygens (including phenoxy) is 1. The fourth-order valence-corrected chi connectivity index (χ4v) is 1.76. The first-order valence-corrected chi connectivity index (χ1v) is 5.83. The molecule has 3 heteroatoms. The third-order valence-corrected chi connectivity index (χ3v) is 2.99. The number of hydrogen-bond donors (Lipinski definition) is 0. The van der Waals surface area contributed by atoms with Crippen LogP contribution >= 0.6 is 0 Å². The molecule has 0 heterocycles. The van der Waals surface area contributed by atoms with Crippen LogP contribution < -0.4 is 0 Å². The summed E-state index contributed by atoms with van der Waals surface area (Å²) in [5.41, 5.74) is 0.329. The zero-order valence-corrected chi connectivity index (χ0v) is 11.1. The molecule has 3 nitrogen and oxygen atoms in total. The van der Waals surface area contributed by atoms with Gasteiger partial charge in [0.1, 0.15) is 5.78 Å². The van der Waals surface area contributed by atoms with E-state index in [-0.39, 0.29) is 5.97 Å². The van der Waals surface area contributed by atoms with E-state index >= 15 is 0 Å². The number of methoxy groups -OCH3 is 1. The number of rotatable bonds is 0. The van der Waals surface area contributed by atoms with Crippen LogP contribution in [0.3, 0.4) is 0 Å². The van der Waals surface area contributed by atoms with E-state index in [1.165, 1.54) is 20.5 Å². The van der Waals surface area contributed by atoms with Gasteiger partial charge >= 0.3 is 5.97 Å². The van der Waals surface area contributed by atoms with Gasteiger partial charge in [-0.2, -0.15) is 0 Å². The van der Waals surface area contributed by atoms with Gasteiger partial charge in [0.15, 0.2) is 0 Å². The molecule has 0 aromatic rings. The average molecular weight is 228 g/mol. The molecule has 0 spiro atoms. The predicted molar refractivity (Wildman–Crippen MR) is 64.1 cm³/mol. The summed E-state index contributed by atoms with van der Waals surface area (Å²) < 4.78 is 4.11. The molecule has 0 radical (unpaired) electrons. The SMILES string of the molecule is CC(C)(C)C1CCCC(=O)C1.COC(C)=O. The highest BCUT2D eigenvalue weighted by Gasteiger charge is 2.29. The molecule has 1 aliphatic carbocycles. The van der Waals surface area contributed by atoms with Gasteiger partial charge in [0.2, 0.25) is 0 Å². The summed E-state index contributed by atoms with van der Waals surface area (Å²) in [6.07, 6.45) is 4.01. The number of carbonyl (C=O) groups excluding carboxylic acids is 2. The van der Waals surface area contributed by atoms with Gasteiger partial charge in [-0.05, 0) is 24.2 Å². The Morgan fingerprint density at radius 1 is 1.38 bits per heavy atom. The lowest BCUT2D eigenvalue weighted by molar-refractivity contribution is -0.138. The predicted octanol–water partition coefficient (Wildman–Crippen LogP) is 2.97. The Bertz CT molecular complexity index is 238. The highest BCUT2D eigenvalue weighted by atomic mass is 16.5. The Kier molecular flexibility index (Phi) is 6.31. The van der Waals surface area contributed by atoms with Crippen molar-refractivity contribution >= 4 is 11.8 Å². The van der Waals surface area contributed by atoms with E-state index in [9.17, 15) is 9.59 Å². The van der Waals surface area contributed by atoms with Crippen LogP contribution in [0.5, 0.6) is 0 Å². The van der Waals surface area contributed by atoms with Crippen molar-refractivity contribution < 1.29 is 14.3 Å². The second-order valence-corrected chi connectivity index (χ2v) is 5.39. The lowest BCUT2D eigenvalue weighted by Gasteiger charge is -2.32. The van der Waals surface area contributed by atoms with Crippen molar-refractivity contribution in [3.05, 3.63) is 0 Å². The molecule has 16 heavy (non-hydrogen) atoms. The minimum absolute atomic E-state index is 0.245. The number of Topliss-reactive ketones (excluding diaryl/α,β-unsaturated/α-hetero) is 1. The second-order valence-electron chi connectivity index (χ2n) is 5.39. The van der Waals surface area contributed by atoms with Gasteiger partial charge < -0.3 is 4.74 Å². The van der Waals surface area contributed by atoms with E-state index in [4.69, 9.17) is 0 Å². The van der Waals surface area contributed by atoms with E-state index in [2.05, 4.69) is 25.5 Å². The molecular weight excluding hydrogens is 204 g/mol. The summed E-state index contributed by atoms with van der Waals surface area (Å²) in [4.78, 5) is 20.7. The number of hydrogen-bond acceptors (Lipinski definition) is 3. The van der Waals surface area contributed by atoms with Gasteiger partial charge in [0.25, 0.3) is 0 Å². The molecule has 0 aromatic carbocycles. The molecule has 0 amide bonds. The van der Waals surface area contributed by atoms with Crippen molar-refractivity contribution in [2.75, 3.05) is 7.11 Å². The molecule has 0 aromatic heterocycles. The molecular formula is C13H24O3. The summed E-state index contributed by atoms with van der Waals surface area (Å²) in [6, 6.07) is 0. The third-order valence-electron chi connectivity index (χ3n) is 2.99. The second kappa shape index (κ2) is 6.66. The normalized spacial score (nSPS) is 20.8. The fraction of sp³-hybridized carbons (Fsp3) is 0.846. The summed E-state index contributed by atoms with van der Waals surface area (Å²) >= 11 is 0. The van der Waals surface area contributed by atoms with E-state index in [1.54, 1.807) is 0 Å². The standard InChI is InChI=1S/C10H18O.C3H6O2/c1-10(2,3)8-5-4-6-9(11)7-8;1-3(4)5-2/h8H,4-7H2,1-3H3;1-2H3. The Hall–Kier alpha value is -0.860. The van der Waals surface area contributed by atoms with Crippen molar-refractivity contribution in [3.8, 4) is 0 Å². The maximum absolute atomic E-state index is 11.1. The minimum atomic E-state index is -0.245. The number of carbonyl (C=O) groups is 2. The number of ketones is 1. The van der Waals surface area contributed by atoms with Gasteiger partial charge in [0, 0.05) is 19.8 Å². The van der Waals surface area contributed by atoms with Crippen LogP contribution in [-0.4, -0.2) is 18.9 Å². The van der Waals surface area contributed by atoms with Crippen molar-refractivity contribution in [2.45, 2.75) is 53.4 Å². The van der Waals surface area contributed by atoms with Crippen LogP contribution in [0.1, 0.15) is 53.4 Å². The third kappa shape index (κ3) is 6.59. The van der Waals surface area contributed by atoms with Crippen LogP contribution in [0.15, 0.2) is 0 Å². The summed E-state index contributed by atoms with van der Waals surface area (Å²) in [5, 5.41) is 0. The van der Waals surface area contributed by atoms with E-state index in [0.29, 0.717) is 17.1 Å². The molecule has 1 saturated carbocycles. The summed E-state index contributed by atoms with van der Waals surface area (Å²) in [5.74, 6) is 0.852. The lowest BCUT2D eigenvalue weighted by Crippen LogP contribution is -2.26. The molecule has 1 fully saturated rings. The molecule has 1 unspecified atom stereocenters. The van der Waals surface area contributed by atoms with Crippen LogP contribution in [0.4, 0.5) is 0 Å². The minimum Gasteiger partial charge on any atom is -0.469 e. The molecule has 1 atom stereocenters. The largest absolute Gasteiger partial charge is 0.469 e. The van der Waals surface area contributed by atoms with Gasteiger partial charge in [-0.15, -0.1) is 0 Å². The molecule has 1 aliphatic rings. The molecule has 0 N–H and O–H groups in total. The Morgan fingerprint density at radius 2 is 1.88 bits per heavy atom. The topological polar surface area (TPSA) is 43.4 Å². The Morgan fingerprint density at radius 3 is 2.12 bits per heavy atom. The molecule has 1 rings (SSSR count). The van der Waals surface area contributed by atoms with Crippen molar-refractivity contribution in [2.24, 2.45) is 11.3 Å². The summed E-state index contributed by atoms with van der Waals surface area (Å²) in [7, 11) is 1.35. The quantitative estimate of drug-likeness (QED) is 0.599. The van der Waals surface area contributed by atoms with Gasteiger partial charge in [-0.1, -0.05) is 20.8 Å². The van der Waals surface area contributed by atoms with Crippen molar-refractivity contribution in [1.29, 1.82) is 0 Å². The Balaban J connectivity index is 0.000000385. The first kappa shape index (κ1) is 15.1. The van der Waals surface area contributed by atoms with E-state index in [1.807, 2.05) is 0 Å². The molecule has 0 bridgehead atoms. The van der Waals surface area contributed by atoms with Gasteiger partial charge in [-0.25, -0.2) is 0 Å². The zero-order chi connectivity index (χ0) is 12.8. The zero-order valence-electron chi connectivity index (χ0n) is 11.1. The van der Waals surface area contributed by atoms with E-state index in [0.717, 1.165) is 19.3 Å². The van der Waals surface area contributed by atoms with Crippen LogP contribution in [0.2, 0.25) is 0 Å². The van der Waals surface area contributed by atoms with Crippen molar-refractivity contribution in [3.63, 3.8) is 0 Å². The fourth-order valence-electron chi connectivity index (χ4n) is 1.76. The highest BCUT2D eigenvalue weighted by molar-refractivity contribution is 5.79. The Labute approximate surface area is 98.6 Å². The maximum Gasteiger partial charge on any atom is 0.302 e. The first-order valence-electron chi connectivity index (χ1n) is 5.83. The van der Waals surface area contributed by atoms with Crippen LogP contribution in [0, 0.1) is 11.3 Å². The van der Waals surface area contributed by atoms with Gasteiger partial charge in [-0.3, -0.25) is 9.59 Å². The average Bonchev–Trinajstić information content (AvgIpc) is 2.17. The smallest absolute Gasteiger partial charge is 0.302 e. The maximum atomic E-state index is 11.1. The number of esters is 1. The molecule has 94 valence electrons. The monoisotopic (exact) mass is 228 g/mol. The highest BCUT2D eigenvalue weighted by Crippen LogP contribution is 2.36. The van der Waals surface area contributed by atoms with Crippen molar-refractivity contribution in [1.82, 2.24) is 0 Å². The van der Waals surface area contributed by atoms with E-state index < -0.39 is 0 Å². The molecule has 0 saturated heterocycles. The lowest BCUT2D eigenvalue weighted by atomic mass is 9.72.